The fourth-order valence-corrected chi connectivity index (χ4v) is 2.68. The number of aromatic nitrogens is 2. The summed E-state index contributed by atoms with van der Waals surface area (Å²) < 4.78 is 10.4. The van der Waals surface area contributed by atoms with Crippen molar-refractivity contribution < 1.29 is 18.7 Å². The summed E-state index contributed by atoms with van der Waals surface area (Å²) in [6.45, 7) is 3.65. The Morgan fingerprint density at radius 1 is 1.20 bits per heavy atom. The minimum absolute atomic E-state index is 0.0837. The average molecular weight is 365 g/mol. The highest BCUT2D eigenvalue weighted by Gasteiger charge is 2.28. The molecule has 132 valence electrons. The lowest BCUT2D eigenvalue weighted by Gasteiger charge is -2.33. The number of ether oxygens (including phenoxy) is 1. The summed E-state index contributed by atoms with van der Waals surface area (Å²) in [5.41, 5.74) is 0.645. The number of hydrogen-bond donors (Lipinski definition) is 0. The molecule has 0 N–H and O–H groups in total. The molecule has 0 aliphatic carbocycles. The molecule has 2 amide bonds. The molecule has 2 heterocycles. The molecule has 2 aromatic rings. The van der Waals surface area contributed by atoms with Gasteiger partial charge >= 0.3 is 17.9 Å². The van der Waals surface area contributed by atoms with E-state index in [0.29, 0.717) is 43.4 Å². The van der Waals surface area contributed by atoms with Gasteiger partial charge in [0.1, 0.15) is 0 Å². The van der Waals surface area contributed by atoms with Gasteiger partial charge in [-0.25, -0.2) is 4.79 Å². The first-order chi connectivity index (χ1) is 12.1. The van der Waals surface area contributed by atoms with Crippen LogP contribution >= 0.6 is 11.6 Å². The van der Waals surface area contributed by atoms with Gasteiger partial charge in [-0.05, 0) is 25.1 Å². The van der Waals surface area contributed by atoms with E-state index in [0.717, 1.165) is 0 Å². The van der Waals surface area contributed by atoms with Crippen LogP contribution in [0.5, 0.6) is 0 Å². The molecule has 9 heteroatoms. The molecule has 1 aromatic heterocycles. The van der Waals surface area contributed by atoms with Crippen LogP contribution in [0.15, 0.2) is 28.7 Å². The summed E-state index contributed by atoms with van der Waals surface area (Å²) in [4.78, 5) is 27.3. The third-order valence-electron chi connectivity index (χ3n) is 3.77. The Kier molecular flexibility index (Phi) is 5.18. The second-order valence-electron chi connectivity index (χ2n) is 5.40. The van der Waals surface area contributed by atoms with Gasteiger partial charge in [-0.15, -0.1) is 10.2 Å². The topological polar surface area (TPSA) is 88.8 Å². The normalized spacial score (nSPS) is 14.5. The minimum Gasteiger partial charge on any atom is -0.450 e. The van der Waals surface area contributed by atoms with E-state index in [9.17, 15) is 9.59 Å². The van der Waals surface area contributed by atoms with Crippen LogP contribution in [0.25, 0.3) is 11.5 Å². The summed E-state index contributed by atoms with van der Waals surface area (Å²) in [6.07, 6.45) is -0.365. The van der Waals surface area contributed by atoms with E-state index >= 15 is 0 Å². The van der Waals surface area contributed by atoms with Crippen molar-refractivity contribution in [1.29, 1.82) is 0 Å². The maximum Gasteiger partial charge on any atom is 0.409 e. The largest absolute Gasteiger partial charge is 0.450 e. The van der Waals surface area contributed by atoms with Gasteiger partial charge in [-0.1, -0.05) is 17.7 Å². The monoisotopic (exact) mass is 364 g/mol. The predicted octanol–water partition coefficient (Wildman–Crippen LogP) is 2.30. The molecule has 0 bridgehead atoms. The van der Waals surface area contributed by atoms with Gasteiger partial charge in [0.2, 0.25) is 5.89 Å². The third-order valence-corrected chi connectivity index (χ3v) is 4.01. The van der Waals surface area contributed by atoms with Crippen LogP contribution < -0.4 is 0 Å². The molecule has 1 aliphatic heterocycles. The average Bonchev–Trinajstić information content (AvgIpc) is 3.11. The predicted molar refractivity (Wildman–Crippen MR) is 89.2 cm³/mol. The van der Waals surface area contributed by atoms with E-state index in [4.69, 9.17) is 20.8 Å². The summed E-state index contributed by atoms with van der Waals surface area (Å²) in [5.74, 6) is -0.208. The number of halogens is 1. The van der Waals surface area contributed by atoms with Crippen molar-refractivity contribution >= 4 is 23.6 Å². The van der Waals surface area contributed by atoms with Crippen LogP contribution in [0.3, 0.4) is 0 Å². The number of hydrogen-bond acceptors (Lipinski definition) is 6. The highest BCUT2D eigenvalue weighted by molar-refractivity contribution is 6.30. The number of amides is 2. The van der Waals surface area contributed by atoms with Crippen molar-refractivity contribution in [3.8, 4) is 11.5 Å². The second-order valence-corrected chi connectivity index (χ2v) is 5.84. The first-order valence-corrected chi connectivity index (χ1v) is 8.26. The van der Waals surface area contributed by atoms with Crippen molar-refractivity contribution in [2.75, 3.05) is 32.8 Å². The molecular weight excluding hydrogens is 348 g/mol. The quantitative estimate of drug-likeness (QED) is 0.830. The molecule has 8 nitrogen and oxygen atoms in total. The fraction of sp³-hybridized carbons (Fsp3) is 0.375. The Morgan fingerprint density at radius 3 is 2.60 bits per heavy atom. The zero-order valence-electron chi connectivity index (χ0n) is 13.6. The highest BCUT2D eigenvalue weighted by atomic mass is 35.5. The molecular formula is C16H17ClN4O4. The highest BCUT2D eigenvalue weighted by Crippen LogP contribution is 2.22. The van der Waals surface area contributed by atoms with Crippen LogP contribution in [0.2, 0.25) is 5.02 Å². The van der Waals surface area contributed by atoms with E-state index < -0.39 is 0 Å². The number of rotatable bonds is 3. The first-order valence-electron chi connectivity index (χ1n) is 7.89. The van der Waals surface area contributed by atoms with E-state index in [1.165, 1.54) is 0 Å². The van der Waals surface area contributed by atoms with Crippen LogP contribution in [0.1, 0.15) is 17.6 Å². The number of piperazine rings is 1. The number of carbonyl (C=O) groups excluding carboxylic acids is 2. The molecule has 1 aliphatic rings. The van der Waals surface area contributed by atoms with Gasteiger partial charge in [0.15, 0.2) is 0 Å². The minimum atomic E-state index is -0.365. The first kappa shape index (κ1) is 17.2. The lowest BCUT2D eigenvalue weighted by molar-refractivity contribution is 0.0540. The SMILES string of the molecule is CCOC(=O)N1CCN(C(=O)c2nnc(-c3cccc(Cl)c3)o2)CC1. The molecule has 25 heavy (non-hydrogen) atoms. The molecule has 1 aromatic carbocycles. The summed E-state index contributed by atoms with van der Waals surface area (Å²) in [5, 5.41) is 8.27. The van der Waals surface area contributed by atoms with Crippen LogP contribution in [-0.4, -0.2) is 64.8 Å². The standard InChI is InChI=1S/C16H17ClN4O4/c1-2-24-16(23)21-8-6-20(7-9-21)15(22)14-19-18-13(25-14)11-4-3-5-12(17)10-11/h3-5,10H,2,6-9H2,1H3. The molecule has 3 rings (SSSR count). The van der Waals surface area contributed by atoms with Crippen molar-refractivity contribution in [3.63, 3.8) is 0 Å². The Morgan fingerprint density at radius 2 is 1.92 bits per heavy atom. The molecule has 1 saturated heterocycles. The van der Waals surface area contributed by atoms with Crippen molar-refractivity contribution in [3.05, 3.63) is 35.2 Å². The molecule has 0 spiro atoms. The fourth-order valence-electron chi connectivity index (χ4n) is 2.49. The smallest absolute Gasteiger partial charge is 0.409 e. The van der Waals surface area contributed by atoms with Crippen molar-refractivity contribution in [2.45, 2.75) is 6.92 Å². The maximum atomic E-state index is 12.5. The van der Waals surface area contributed by atoms with Gasteiger partial charge in [0, 0.05) is 36.8 Å². The maximum absolute atomic E-state index is 12.5. The van der Waals surface area contributed by atoms with E-state index in [1.807, 2.05) is 0 Å². The second kappa shape index (κ2) is 7.52. The number of carbonyl (C=O) groups is 2. The molecule has 0 radical (unpaired) electrons. The lowest BCUT2D eigenvalue weighted by atomic mass is 10.2. The molecule has 0 saturated carbocycles. The number of nitrogens with zero attached hydrogens (tertiary/aromatic N) is 4. The molecule has 0 atom stereocenters. The molecule has 0 unspecified atom stereocenters. The van der Waals surface area contributed by atoms with Gasteiger partial charge in [0.05, 0.1) is 6.61 Å². The van der Waals surface area contributed by atoms with E-state index in [1.54, 1.807) is 41.0 Å². The van der Waals surface area contributed by atoms with Gasteiger partial charge in [0.25, 0.3) is 0 Å². The Labute approximate surface area is 149 Å². The Bertz CT molecular complexity index is 771. The van der Waals surface area contributed by atoms with E-state index in [2.05, 4.69) is 10.2 Å². The van der Waals surface area contributed by atoms with Gasteiger partial charge < -0.3 is 19.0 Å². The number of benzene rings is 1. The zero-order valence-corrected chi connectivity index (χ0v) is 14.4. The van der Waals surface area contributed by atoms with Crippen LogP contribution in [0, 0.1) is 0 Å². The summed E-state index contributed by atoms with van der Waals surface area (Å²) >= 11 is 5.94. The zero-order chi connectivity index (χ0) is 17.8. The van der Waals surface area contributed by atoms with Gasteiger partial charge in [-0.3, -0.25) is 4.79 Å². The summed E-state index contributed by atoms with van der Waals surface area (Å²) in [7, 11) is 0. The Balaban J connectivity index is 1.64. The Hall–Kier alpha value is -2.61. The lowest BCUT2D eigenvalue weighted by Crippen LogP contribution is -2.50. The van der Waals surface area contributed by atoms with Crippen molar-refractivity contribution in [2.24, 2.45) is 0 Å². The van der Waals surface area contributed by atoms with Crippen LogP contribution in [0.4, 0.5) is 4.79 Å². The van der Waals surface area contributed by atoms with E-state index in [-0.39, 0.29) is 23.8 Å². The molecule has 1 fully saturated rings. The third kappa shape index (κ3) is 3.90. The summed E-state index contributed by atoms with van der Waals surface area (Å²) in [6, 6.07) is 6.95. The van der Waals surface area contributed by atoms with Crippen LogP contribution in [-0.2, 0) is 4.74 Å². The van der Waals surface area contributed by atoms with Gasteiger partial charge in [-0.2, -0.15) is 0 Å². The van der Waals surface area contributed by atoms with Crippen molar-refractivity contribution in [1.82, 2.24) is 20.0 Å².